The summed E-state index contributed by atoms with van der Waals surface area (Å²) in [5.41, 5.74) is 1.52. The number of ether oxygens (including phenoxy) is 1. The molecular formula is C24H34O. The van der Waals surface area contributed by atoms with Gasteiger partial charge in [-0.05, 0) is 93.2 Å². The van der Waals surface area contributed by atoms with Crippen molar-refractivity contribution in [1.82, 2.24) is 0 Å². The molecule has 0 spiro atoms. The molecule has 0 saturated heterocycles. The van der Waals surface area contributed by atoms with Crippen LogP contribution in [-0.2, 0) is 0 Å². The number of hydrogen-bond donors (Lipinski definition) is 0. The van der Waals surface area contributed by atoms with Crippen molar-refractivity contribution in [2.24, 2.45) is 17.8 Å². The van der Waals surface area contributed by atoms with E-state index in [1.807, 2.05) is 19.1 Å². The van der Waals surface area contributed by atoms with E-state index in [1.165, 1.54) is 50.5 Å². The van der Waals surface area contributed by atoms with Crippen molar-refractivity contribution in [3.63, 3.8) is 0 Å². The molecule has 25 heavy (non-hydrogen) atoms. The Morgan fingerprint density at radius 1 is 0.960 bits per heavy atom. The van der Waals surface area contributed by atoms with Gasteiger partial charge in [-0.15, -0.1) is 0 Å². The predicted octanol–water partition coefficient (Wildman–Crippen LogP) is 6.91. The van der Waals surface area contributed by atoms with Crippen LogP contribution in [0.25, 0.3) is 0 Å². The zero-order valence-electron chi connectivity index (χ0n) is 16.0. The molecule has 1 heteroatoms. The molecule has 1 nitrogen and oxygen atoms in total. The van der Waals surface area contributed by atoms with Crippen LogP contribution in [-0.4, -0.2) is 6.61 Å². The van der Waals surface area contributed by atoms with Gasteiger partial charge < -0.3 is 4.74 Å². The summed E-state index contributed by atoms with van der Waals surface area (Å²) in [6, 6.07) is 8.89. The first-order valence-corrected chi connectivity index (χ1v) is 10.3. The zero-order valence-corrected chi connectivity index (χ0v) is 16.0. The van der Waals surface area contributed by atoms with Gasteiger partial charge in [-0.3, -0.25) is 0 Å². The van der Waals surface area contributed by atoms with E-state index >= 15 is 0 Å². The average molecular weight is 339 g/mol. The SMILES string of the molecule is CC=CCOc1ccc(C2CC[C@@H]3C[C@H](C=CCC)CC[C@@H]3C2)cc1. The summed E-state index contributed by atoms with van der Waals surface area (Å²) in [6.07, 6.45) is 18.6. The Bertz CT molecular complexity index is 568. The Morgan fingerprint density at radius 3 is 2.48 bits per heavy atom. The highest BCUT2D eigenvalue weighted by atomic mass is 16.5. The fourth-order valence-electron chi connectivity index (χ4n) is 4.81. The molecule has 136 valence electrons. The van der Waals surface area contributed by atoms with Crippen molar-refractivity contribution in [2.45, 2.75) is 64.7 Å². The van der Waals surface area contributed by atoms with Crippen molar-refractivity contribution < 1.29 is 4.74 Å². The highest BCUT2D eigenvalue weighted by Crippen LogP contribution is 2.47. The van der Waals surface area contributed by atoms with Gasteiger partial charge in [-0.25, -0.2) is 0 Å². The van der Waals surface area contributed by atoms with Gasteiger partial charge >= 0.3 is 0 Å². The van der Waals surface area contributed by atoms with E-state index in [0.29, 0.717) is 6.61 Å². The molecule has 2 aliphatic carbocycles. The van der Waals surface area contributed by atoms with Crippen molar-refractivity contribution in [2.75, 3.05) is 6.61 Å². The van der Waals surface area contributed by atoms with Gasteiger partial charge in [0.15, 0.2) is 0 Å². The summed E-state index contributed by atoms with van der Waals surface area (Å²) < 4.78 is 5.73. The quantitative estimate of drug-likeness (QED) is 0.512. The summed E-state index contributed by atoms with van der Waals surface area (Å²) in [5.74, 6) is 4.52. The fraction of sp³-hybridized carbons (Fsp3) is 0.583. The van der Waals surface area contributed by atoms with Crippen LogP contribution in [0.3, 0.4) is 0 Å². The topological polar surface area (TPSA) is 9.23 Å². The summed E-state index contributed by atoms with van der Waals surface area (Å²) in [5, 5.41) is 0. The molecule has 2 saturated carbocycles. The van der Waals surface area contributed by atoms with Gasteiger partial charge in [0.1, 0.15) is 12.4 Å². The molecule has 0 heterocycles. The molecule has 0 aliphatic heterocycles. The largest absolute Gasteiger partial charge is 0.490 e. The Morgan fingerprint density at radius 2 is 1.72 bits per heavy atom. The Kier molecular flexibility index (Phi) is 6.78. The minimum Gasteiger partial charge on any atom is -0.490 e. The number of hydrogen-bond acceptors (Lipinski definition) is 1. The summed E-state index contributed by atoms with van der Waals surface area (Å²) in [4.78, 5) is 0. The molecule has 1 aromatic rings. The summed E-state index contributed by atoms with van der Waals surface area (Å²) >= 11 is 0. The Balaban J connectivity index is 1.53. The van der Waals surface area contributed by atoms with E-state index in [-0.39, 0.29) is 0 Å². The average Bonchev–Trinajstić information content (AvgIpc) is 2.66. The molecule has 1 aromatic carbocycles. The molecule has 2 fully saturated rings. The standard InChI is InChI=1S/C24H34O/c1-3-5-7-19-8-9-23-18-22(11-10-21(23)17-19)20-12-14-24(15-13-20)25-16-6-4-2/h4-7,12-15,19,21-23H,3,8-11,16-18H2,1-2H3/t19-,21-,22?,23-/m1/s1. The number of rotatable bonds is 6. The monoisotopic (exact) mass is 338 g/mol. The lowest BCUT2D eigenvalue weighted by Crippen LogP contribution is -2.30. The number of allylic oxidation sites excluding steroid dienone is 3. The van der Waals surface area contributed by atoms with Crippen LogP contribution in [0.15, 0.2) is 48.6 Å². The maximum atomic E-state index is 5.73. The smallest absolute Gasteiger partial charge is 0.119 e. The van der Waals surface area contributed by atoms with Crippen molar-refractivity contribution in [3.05, 3.63) is 54.1 Å². The maximum absolute atomic E-state index is 5.73. The summed E-state index contributed by atoms with van der Waals surface area (Å²) in [6.45, 7) is 4.93. The normalized spacial score (nSPS) is 29.8. The van der Waals surface area contributed by atoms with Crippen LogP contribution >= 0.6 is 0 Å². The van der Waals surface area contributed by atoms with E-state index < -0.39 is 0 Å². The minimum absolute atomic E-state index is 0.663. The van der Waals surface area contributed by atoms with E-state index in [0.717, 1.165) is 29.4 Å². The minimum atomic E-state index is 0.663. The second-order valence-corrected chi connectivity index (χ2v) is 7.89. The first kappa shape index (κ1) is 18.3. The van der Waals surface area contributed by atoms with Gasteiger partial charge in [0.25, 0.3) is 0 Å². The van der Waals surface area contributed by atoms with E-state index in [1.54, 1.807) is 0 Å². The molecule has 0 amide bonds. The second-order valence-electron chi connectivity index (χ2n) is 7.89. The molecule has 0 N–H and O–H groups in total. The van der Waals surface area contributed by atoms with Crippen molar-refractivity contribution >= 4 is 0 Å². The predicted molar refractivity (Wildman–Crippen MR) is 107 cm³/mol. The Hall–Kier alpha value is -1.50. The molecule has 4 atom stereocenters. The second kappa shape index (κ2) is 9.27. The Labute approximate surface area is 154 Å². The van der Waals surface area contributed by atoms with Gasteiger partial charge in [0, 0.05) is 0 Å². The third-order valence-electron chi connectivity index (χ3n) is 6.23. The van der Waals surface area contributed by atoms with Crippen LogP contribution in [0, 0.1) is 17.8 Å². The van der Waals surface area contributed by atoms with Crippen LogP contribution in [0.5, 0.6) is 5.75 Å². The van der Waals surface area contributed by atoms with Gasteiger partial charge in [-0.2, -0.15) is 0 Å². The summed E-state index contributed by atoms with van der Waals surface area (Å²) in [7, 11) is 0. The van der Waals surface area contributed by atoms with Gasteiger partial charge in [-0.1, -0.05) is 43.4 Å². The maximum Gasteiger partial charge on any atom is 0.119 e. The molecular weight excluding hydrogens is 304 g/mol. The van der Waals surface area contributed by atoms with Crippen molar-refractivity contribution in [1.29, 1.82) is 0 Å². The van der Waals surface area contributed by atoms with Crippen LogP contribution in [0.1, 0.15) is 70.3 Å². The number of fused-ring (bicyclic) bond motifs is 1. The lowest BCUT2D eigenvalue weighted by atomic mass is 9.64. The highest BCUT2D eigenvalue weighted by molar-refractivity contribution is 5.30. The molecule has 2 aliphatic rings. The van der Waals surface area contributed by atoms with Gasteiger partial charge in [0.2, 0.25) is 0 Å². The number of benzene rings is 1. The fourth-order valence-corrected chi connectivity index (χ4v) is 4.81. The van der Waals surface area contributed by atoms with Crippen molar-refractivity contribution in [3.8, 4) is 5.75 Å². The molecule has 3 rings (SSSR count). The van der Waals surface area contributed by atoms with Crippen LogP contribution < -0.4 is 4.74 Å². The van der Waals surface area contributed by atoms with Crippen LogP contribution in [0.4, 0.5) is 0 Å². The lowest BCUT2D eigenvalue weighted by molar-refractivity contribution is 0.133. The third kappa shape index (κ3) is 5.00. The van der Waals surface area contributed by atoms with Gasteiger partial charge in [0.05, 0.1) is 0 Å². The van der Waals surface area contributed by atoms with E-state index in [4.69, 9.17) is 4.74 Å². The third-order valence-corrected chi connectivity index (χ3v) is 6.23. The van der Waals surface area contributed by atoms with E-state index in [9.17, 15) is 0 Å². The zero-order chi connectivity index (χ0) is 17.5. The molecule has 1 unspecified atom stereocenters. The first-order valence-electron chi connectivity index (χ1n) is 10.3. The molecule has 0 bridgehead atoms. The lowest BCUT2D eigenvalue weighted by Gasteiger charge is -2.41. The first-order chi connectivity index (χ1) is 12.3. The van der Waals surface area contributed by atoms with Crippen LogP contribution in [0.2, 0.25) is 0 Å². The van der Waals surface area contributed by atoms with E-state index in [2.05, 4.69) is 43.3 Å². The molecule has 0 aromatic heterocycles. The highest BCUT2D eigenvalue weighted by Gasteiger charge is 2.35. The molecule has 0 radical (unpaired) electrons.